The maximum atomic E-state index is 11.5. The fraction of sp³-hybridized carbons (Fsp3) is 0.412. The van der Waals surface area contributed by atoms with E-state index in [9.17, 15) is 4.79 Å². The van der Waals surface area contributed by atoms with Gasteiger partial charge in [-0.25, -0.2) is 0 Å². The molecule has 0 bridgehead atoms. The normalized spacial score (nSPS) is 10.6. The van der Waals surface area contributed by atoms with Gasteiger partial charge >= 0.3 is 0 Å². The minimum Gasteiger partial charge on any atom is -0.376 e. The molecule has 2 rings (SSSR count). The molecular formula is C17H22ClN3O2. The zero-order chi connectivity index (χ0) is 16.7. The van der Waals surface area contributed by atoms with Crippen molar-refractivity contribution >= 4 is 23.2 Å². The van der Waals surface area contributed by atoms with E-state index in [1.807, 2.05) is 38.1 Å². The number of carbonyl (C=O) groups excluding carboxylic acids is 1. The number of halogens is 1. The monoisotopic (exact) mass is 335 g/mol. The third kappa shape index (κ3) is 5.28. The summed E-state index contributed by atoms with van der Waals surface area (Å²) in [6, 6.07) is 7.67. The number of nitrogens with zero attached hydrogens (tertiary/aromatic N) is 1. The highest BCUT2D eigenvalue weighted by molar-refractivity contribution is 6.31. The van der Waals surface area contributed by atoms with E-state index in [1.54, 1.807) is 0 Å². The van der Waals surface area contributed by atoms with Crippen LogP contribution >= 0.6 is 11.6 Å². The minimum atomic E-state index is -0.0290. The fourth-order valence-electron chi connectivity index (χ4n) is 2.22. The lowest BCUT2D eigenvalue weighted by atomic mass is 10.1. The molecule has 0 aliphatic carbocycles. The van der Waals surface area contributed by atoms with Crippen molar-refractivity contribution in [1.29, 1.82) is 0 Å². The summed E-state index contributed by atoms with van der Waals surface area (Å²) in [5.74, 6) is 0.863. The van der Waals surface area contributed by atoms with E-state index in [0.717, 1.165) is 42.0 Å². The Morgan fingerprint density at radius 2 is 2.09 bits per heavy atom. The van der Waals surface area contributed by atoms with Gasteiger partial charge in [-0.15, -0.1) is 0 Å². The third-order valence-electron chi connectivity index (χ3n) is 3.48. The van der Waals surface area contributed by atoms with Gasteiger partial charge in [0.25, 0.3) is 0 Å². The molecule has 0 aliphatic heterocycles. The van der Waals surface area contributed by atoms with E-state index < -0.39 is 0 Å². The average molecular weight is 336 g/mol. The number of likely N-dealkylation sites (N-methyl/N-ethyl adjacent to an activating group) is 1. The van der Waals surface area contributed by atoms with Gasteiger partial charge in [0.05, 0.1) is 12.2 Å². The standard InChI is InChI=1S/C17H22ClN3O2/c1-3-15-10-14(21-23-15)6-5-12-9-13(7-8-16(12)18)20-11-17(22)19-4-2/h7-10,20H,3-6,11H2,1-2H3,(H,19,22). The van der Waals surface area contributed by atoms with Crippen molar-refractivity contribution in [1.82, 2.24) is 10.5 Å². The molecule has 0 saturated heterocycles. The molecule has 1 heterocycles. The predicted octanol–water partition coefficient (Wildman–Crippen LogP) is 3.22. The highest BCUT2D eigenvalue weighted by Crippen LogP contribution is 2.22. The SMILES string of the molecule is CCNC(=O)CNc1ccc(Cl)c(CCc2cc(CC)on2)c1. The first-order valence-corrected chi connectivity index (χ1v) is 8.23. The Kier molecular flexibility index (Phi) is 6.47. The Morgan fingerprint density at radius 1 is 1.26 bits per heavy atom. The van der Waals surface area contributed by atoms with Gasteiger partial charge in [-0.1, -0.05) is 23.7 Å². The lowest BCUT2D eigenvalue weighted by Crippen LogP contribution is -2.29. The van der Waals surface area contributed by atoms with Crippen LogP contribution in [0.2, 0.25) is 5.02 Å². The second-order valence-corrected chi connectivity index (χ2v) is 5.66. The van der Waals surface area contributed by atoms with Crippen LogP contribution in [0.1, 0.15) is 30.9 Å². The van der Waals surface area contributed by atoms with Gasteiger partial charge in [-0.3, -0.25) is 4.79 Å². The first kappa shape index (κ1) is 17.3. The zero-order valence-electron chi connectivity index (χ0n) is 13.5. The van der Waals surface area contributed by atoms with Gasteiger partial charge in [0.2, 0.25) is 5.91 Å². The van der Waals surface area contributed by atoms with Gasteiger partial charge in [0.15, 0.2) is 0 Å². The molecule has 1 aromatic carbocycles. The Hall–Kier alpha value is -2.01. The van der Waals surface area contributed by atoms with Crippen LogP contribution in [0.15, 0.2) is 28.8 Å². The Morgan fingerprint density at radius 3 is 2.78 bits per heavy atom. The number of hydrogen-bond donors (Lipinski definition) is 2. The molecule has 0 aliphatic rings. The predicted molar refractivity (Wildman–Crippen MR) is 91.9 cm³/mol. The molecule has 6 heteroatoms. The van der Waals surface area contributed by atoms with Gasteiger partial charge in [0.1, 0.15) is 5.76 Å². The number of carbonyl (C=O) groups is 1. The summed E-state index contributed by atoms with van der Waals surface area (Å²) in [6.07, 6.45) is 2.38. The van der Waals surface area contributed by atoms with Crippen molar-refractivity contribution in [2.75, 3.05) is 18.4 Å². The smallest absolute Gasteiger partial charge is 0.239 e. The molecule has 0 atom stereocenters. The summed E-state index contributed by atoms with van der Waals surface area (Å²) >= 11 is 6.26. The lowest BCUT2D eigenvalue weighted by molar-refractivity contribution is -0.119. The molecule has 0 unspecified atom stereocenters. The maximum Gasteiger partial charge on any atom is 0.239 e. The van der Waals surface area contributed by atoms with Gasteiger partial charge in [-0.05, 0) is 43.5 Å². The summed E-state index contributed by atoms with van der Waals surface area (Å²) in [6.45, 7) is 4.80. The molecule has 2 N–H and O–H groups in total. The van der Waals surface area contributed by atoms with Crippen LogP contribution in [-0.4, -0.2) is 24.2 Å². The van der Waals surface area contributed by atoms with Crippen LogP contribution in [0, 0.1) is 0 Å². The highest BCUT2D eigenvalue weighted by Gasteiger charge is 2.07. The number of anilines is 1. The molecule has 1 amide bonds. The second kappa shape index (κ2) is 8.58. The fourth-order valence-corrected chi connectivity index (χ4v) is 2.43. The molecule has 23 heavy (non-hydrogen) atoms. The Balaban J connectivity index is 1.95. The van der Waals surface area contributed by atoms with E-state index in [4.69, 9.17) is 16.1 Å². The van der Waals surface area contributed by atoms with Crippen LogP contribution in [-0.2, 0) is 24.1 Å². The molecule has 0 spiro atoms. The lowest BCUT2D eigenvalue weighted by Gasteiger charge is -2.09. The molecular weight excluding hydrogens is 314 g/mol. The maximum absolute atomic E-state index is 11.5. The van der Waals surface area contributed by atoms with Crippen molar-refractivity contribution in [3.63, 3.8) is 0 Å². The van der Waals surface area contributed by atoms with E-state index in [-0.39, 0.29) is 12.5 Å². The van der Waals surface area contributed by atoms with Crippen LogP contribution in [0.25, 0.3) is 0 Å². The van der Waals surface area contributed by atoms with Gasteiger partial charge in [-0.2, -0.15) is 0 Å². The van der Waals surface area contributed by atoms with Crippen molar-refractivity contribution in [3.8, 4) is 0 Å². The number of amides is 1. The summed E-state index contributed by atoms with van der Waals surface area (Å²) in [7, 11) is 0. The first-order valence-electron chi connectivity index (χ1n) is 7.85. The Labute approximate surface area is 141 Å². The van der Waals surface area contributed by atoms with E-state index in [1.165, 1.54) is 0 Å². The molecule has 0 radical (unpaired) electrons. The Bertz CT molecular complexity index is 655. The van der Waals surface area contributed by atoms with Gasteiger partial charge in [0, 0.05) is 29.7 Å². The molecule has 124 valence electrons. The van der Waals surface area contributed by atoms with E-state index >= 15 is 0 Å². The van der Waals surface area contributed by atoms with Crippen molar-refractivity contribution < 1.29 is 9.32 Å². The highest BCUT2D eigenvalue weighted by atomic mass is 35.5. The topological polar surface area (TPSA) is 67.2 Å². The zero-order valence-corrected chi connectivity index (χ0v) is 14.2. The van der Waals surface area contributed by atoms with Gasteiger partial charge < -0.3 is 15.2 Å². The van der Waals surface area contributed by atoms with Crippen LogP contribution < -0.4 is 10.6 Å². The molecule has 0 fully saturated rings. The molecule has 0 saturated carbocycles. The summed E-state index contributed by atoms with van der Waals surface area (Å²) in [4.78, 5) is 11.5. The quantitative estimate of drug-likeness (QED) is 0.777. The second-order valence-electron chi connectivity index (χ2n) is 5.25. The van der Waals surface area contributed by atoms with Crippen LogP contribution in [0.4, 0.5) is 5.69 Å². The van der Waals surface area contributed by atoms with Crippen molar-refractivity contribution in [2.45, 2.75) is 33.1 Å². The van der Waals surface area contributed by atoms with Crippen LogP contribution in [0.5, 0.6) is 0 Å². The largest absolute Gasteiger partial charge is 0.376 e. The number of benzene rings is 1. The molecule has 1 aromatic heterocycles. The van der Waals surface area contributed by atoms with E-state index in [2.05, 4.69) is 15.8 Å². The van der Waals surface area contributed by atoms with E-state index in [0.29, 0.717) is 11.6 Å². The third-order valence-corrected chi connectivity index (χ3v) is 3.85. The number of hydrogen-bond acceptors (Lipinski definition) is 4. The van der Waals surface area contributed by atoms with Crippen LogP contribution in [0.3, 0.4) is 0 Å². The summed E-state index contributed by atoms with van der Waals surface area (Å²) < 4.78 is 5.20. The van der Waals surface area contributed by atoms with Crippen molar-refractivity contribution in [2.24, 2.45) is 0 Å². The van der Waals surface area contributed by atoms with Crippen molar-refractivity contribution in [3.05, 3.63) is 46.3 Å². The average Bonchev–Trinajstić information content (AvgIpc) is 3.01. The summed E-state index contributed by atoms with van der Waals surface area (Å²) in [5, 5.41) is 10.6. The number of nitrogens with one attached hydrogen (secondary N) is 2. The first-order chi connectivity index (χ1) is 11.1. The number of rotatable bonds is 8. The summed E-state index contributed by atoms with van der Waals surface area (Å²) in [5.41, 5.74) is 2.83. The minimum absolute atomic E-state index is 0.0290. The molecule has 5 nitrogen and oxygen atoms in total. The molecule has 2 aromatic rings. The number of aryl methyl sites for hydroxylation is 3. The number of aromatic nitrogens is 1.